The molecule has 2 rings (SSSR count). The average molecular weight is 330 g/mol. The second-order valence-electron chi connectivity index (χ2n) is 4.39. The summed E-state index contributed by atoms with van der Waals surface area (Å²) >= 11 is 1.23. The normalized spacial score (nSPS) is 9.91. The number of nitrogens with one attached hydrogen (secondary N) is 2. The summed E-state index contributed by atoms with van der Waals surface area (Å²) in [6.07, 6.45) is 5.08. The highest BCUT2D eigenvalue weighted by molar-refractivity contribution is 7.99. The van der Waals surface area contributed by atoms with E-state index in [9.17, 15) is 9.59 Å². The minimum atomic E-state index is -0.258. The van der Waals surface area contributed by atoms with Crippen molar-refractivity contribution in [1.29, 1.82) is 0 Å². The first kappa shape index (κ1) is 16.5. The Labute approximate surface area is 137 Å². The molecular weight excluding hydrogens is 316 g/mol. The van der Waals surface area contributed by atoms with Gasteiger partial charge in [0.2, 0.25) is 11.1 Å². The summed E-state index contributed by atoms with van der Waals surface area (Å²) in [6.45, 7) is 0.172. The molecule has 0 bridgehead atoms. The maximum atomic E-state index is 11.9. The predicted molar refractivity (Wildman–Crippen MR) is 85.8 cm³/mol. The first-order valence-electron chi connectivity index (χ1n) is 6.57. The number of rotatable bonds is 6. The Kier molecular flexibility index (Phi) is 5.71. The molecule has 2 aromatic rings. The van der Waals surface area contributed by atoms with Gasteiger partial charge in [0.1, 0.15) is 0 Å². The highest BCUT2D eigenvalue weighted by Gasteiger charge is 2.09. The fourth-order valence-corrected chi connectivity index (χ4v) is 2.26. The summed E-state index contributed by atoms with van der Waals surface area (Å²) in [5.41, 5.74) is 1.07. The Hall–Kier alpha value is -2.86. The van der Waals surface area contributed by atoms with Crippen LogP contribution in [0.5, 0.6) is 0 Å². The van der Waals surface area contributed by atoms with E-state index < -0.39 is 0 Å². The van der Waals surface area contributed by atoms with Crippen LogP contribution in [0.3, 0.4) is 0 Å². The summed E-state index contributed by atoms with van der Waals surface area (Å²) < 4.78 is 1.49. The lowest BCUT2D eigenvalue weighted by Crippen LogP contribution is -2.23. The maximum Gasteiger partial charge on any atom is 0.252 e. The zero-order valence-electron chi connectivity index (χ0n) is 12.3. The number of nitrogens with zero attached hydrogens (tertiary/aromatic N) is 4. The van der Waals surface area contributed by atoms with E-state index in [0.29, 0.717) is 16.4 Å². The SMILES string of the molecule is C#CCNC(=O)c1ccc(NC(=O)CSc2nnnn2C)cc1. The van der Waals surface area contributed by atoms with Crippen molar-refractivity contribution in [3.8, 4) is 12.3 Å². The van der Waals surface area contributed by atoms with Gasteiger partial charge >= 0.3 is 0 Å². The second-order valence-corrected chi connectivity index (χ2v) is 5.33. The van der Waals surface area contributed by atoms with Gasteiger partial charge in [0.25, 0.3) is 5.91 Å². The number of anilines is 1. The lowest BCUT2D eigenvalue weighted by atomic mass is 10.2. The lowest BCUT2D eigenvalue weighted by molar-refractivity contribution is -0.113. The summed E-state index contributed by atoms with van der Waals surface area (Å²) in [6, 6.07) is 6.52. The van der Waals surface area contributed by atoms with E-state index in [-0.39, 0.29) is 24.1 Å². The summed E-state index contributed by atoms with van der Waals surface area (Å²) in [7, 11) is 1.70. The fraction of sp³-hybridized carbons (Fsp3) is 0.214. The maximum absolute atomic E-state index is 11.9. The molecule has 1 aromatic carbocycles. The molecule has 1 heterocycles. The number of hydrogen-bond donors (Lipinski definition) is 2. The van der Waals surface area contributed by atoms with E-state index in [1.807, 2.05) is 0 Å². The Morgan fingerprint density at radius 2 is 2.09 bits per heavy atom. The summed E-state index contributed by atoms with van der Waals surface area (Å²) in [4.78, 5) is 23.6. The van der Waals surface area contributed by atoms with Crippen LogP contribution in [0, 0.1) is 12.3 Å². The number of carbonyl (C=O) groups excluding carboxylic acids is 2. The van der Waals surface area contributed by atoms with Crippen molar-refractivity contribution in [2.45, 2.75) is 5.16 Å². The Bertz CT molecular complexity index is 734. The third kappa shape index (κ3) is 4.82. The molecule has 2 N–H and O–H groups in total. The van der Waals surface area contributed by atoms with Crippen LogP contribution in [0.2, 0.25) is 0 Å². The van der Waals surface area contributed by atoms with Crippen LogP contribution in [0.4, 0.5) is 5.69 Å². The van der Waals surface area contributed by atoms with Crippen molar-refractivity contribution in [3.05, 3.63) is 29.8 Å². The number of tetrazole rings is 1. The van der Waals surface area contributed by atoms with Gasteiger partial charge in [-0.15, -0.1) is 11.5 Å². The highest BCUT2D eigenvalue weighted by atomic mass is 32.2. The van der Waals surface area contributed by atoms with Gasteiger partial charge in [-0.25, -0.2) is 4.68 Å². The van der Waals surface area contributed by atoms with Crippen LogP contribution in [0.1, 0.15) is 10.4 Å². The van der Waals surface area contributed by atoms with E-state index in [0.717, 1.165) is 0 Å². The first-order chi connectivity index (χ1) is 11.1. The van der Waals surface area contributed by atoms with E-state index in [2.05, 4.69) is 32.1 Å². The van der Waals surface area contributed by atoms with Crippen LogP contribution in [-0.2, 0) is 11.8 Å². The number of benzene rings is 1. The molecule has 0 spiro atoms. The summed E-state index contributed by atoms with van der Waals surface area (Å²) in [5.74, 6) is 2.06. The molecule has 0 unspecified atom stereocenters. The smallest absolute Gasteiger partial charge is 0.252 e. The largest absolute Gasteiger partial charge is 0.341 e. The molecule has 0 radical (unpaired) electrons. The molecule has 2 amide bonds. The molecule has 1 aromatic heterocycles. The van der Waals surface area contributed by atoms with Gasteiger partial charge < -0.3 is 10.6 Å². The predicted octanol–water partition coefficient (Wildman–Crippen LogP) is 0.304. The van der Waals surface area contributed by atoms with Crippen LogP contribution in [0.25, 0.3) is 0 Å². The third-order valence-electron chi connectivity index (χ3n) is 2.70. The van der Waals surface area contributed by atoms with Crippen molar-refractivity contribution < 1.29 is 9.59 Å². The molecule has 0 saturated heterocycles. The lowest BCUT2D eigenvalue weighted by Gasteiger charge is -2.06. The van der Waals surface area contributed by atoms with Crippen LogP contribution in [0.15, 0.2) is 29.4 Å². The van der Waals surface area contributed by atoms with Gasteiger partial charge in [0.05, 0.1) is 12.3 Å². The van der Waals surface area contributed by atoms with Gasteiger partial charge in [-0.3, -0.25) is 9.59 Å². The molecule has 0 aliphatic heterocycles. The number of hydrogen-bond acceptors (Lipinski definition) is 6. The van der Waals surface area contributed by atoms with Crippen molar-refractivity contribution in [2.75, 3.05) is 17.6 Å². The molecular formula is C14H14N6O2S. The topological polar surface area (TPSA) is 102 Å². The standard InChI is InChI=1S/C14H14N6O2S/c1-3-8-15-13(22)10-4-6-11(7-5-10)16-12(21)9-23-14-17-18-19-20(14)2/h1,4-7H,8-9H2,2H3,(H,15,22)(H,16,21). The highest BCUT2D eigenvalue weighted by Crippen LogP contribution is 2.14. The van der Waals surface area contributed by atoms with Crippen LogP contribution < -0.4 is 10.6 Å². The molecule has 9 heteroatoms. The summed E-state index contributed by atoms with van der Waals surface area (Å²) in [5, 5.41) is 16.8. The third-order valence-corrected chi connectivity index (χ3v) is 3.71. The molecule has 8 nitrogen and oxygen atoms in total. The van der Waals surface area contributed by atoms with Crippen molar-refractivity contribution in [2.24, 2.45) is 7.05 Å². The van der Waals surface area contributed by atoms with Crippen LogP contribution in [-0.4, -0.2) is 44.3 Å². The first-order valence-corrected chi connectivity index (χ1v) is 7.55. The molecule has 0 aliphatic rings. The number of aryl methyl sites for hydroxylation is 1. The second kappa shape index (κ2) is 7.95. The molecule has 23 heavy (non-hydrogen) atoms. The van der Waals surface area contributed by atoms with Gasteiger partial charge in [0, 0.05) is 18.3 Å². The zero-order valence-corrected chi connectivity index (χ0v) is 13.1. The monoisotopic (exact) mass is 330 g/mol. The van der Waals surface area contributed by atoms with E-state index >= 15 is 0 Å². The van der Waals surface area contributed by atoms with Crippen molar-refractivity contribution in [3.63, 3.8) is 0 Å². The molecule has 118 valence electrons. The zero-order chi connectivity index (χ0) is 16.7. The van der Waals surface area contributed by atoms with Crippen molar-refractivity contribution >= 4 is 29.3 Å². The fourth-order valence-electron chi connectivity index (χ4n) is 1.61. The number of terminal acetylenes is 1. The Morgan fingerprint density at radius 3 is 2.70 bits per heavy atom. The number of thioether (sulfide) groups is 1. The average Bonchev–Trinajstić information content (AvgIpc) is 2.96. The molecule has 0 saturated carbocycles. The number of carbonyl (C=O) groups is 2. The van der Waals surface area contributed by atoms with Gasteiger partial charge in [-0.2, -0.15) is 0 Å². The minimum Gasteiger partial charge on any atom is -0.341 e. The van der Waals surface area contributed by atoms with Crippen molar-refractivity contribution in [1.82, 2.24) is 25.5 Å². The van der Waals surface area contributed by atoms with Gasteiger partial charge in [-0.1, -0.05) is 17.7 Å². The number of amides is 2. The van der Waals surface area contributed by atoms with E-state index in [1.165, 1.54) is 16.4 Å². The van der Waals surface area contributed by atoms with Gasteiger partial charge in [-0.05, 0) is 34.7 Å². The molecule has 0 fully saturated rings. The quantitative estimate of drug-likeness (QED) is 0.584. The minimum absolute atomic E-state index is 0.172. The Morgan fingerprint density at radius 1 is 1.35 bits per heavy atom. The number of aromatic nitrogens is 4. The molecule has 0 atom stereocenters. The van der Waals surface area contributed by atoms with E-state index in [4.69, 9.17) is 6.42 Å². The van der Waals surface area contributed by atoms with Gasteiger partial charge in [0.15, 0.2) is 0 Å². The van der Waals surface area contributed by atoms with E-state index in [1.54, 1.807) is 31.3 Å². The molecule has 0 aliphatic carbocycles. The van der Waals surface area contributed by atoms with Crippen LogP contribution >= 0.6 is 11.8 Å². The Balaban J connectivity index is 1.85.